The van der Waals surface area contributed by atoms with E-state index in [-0.39, 0.29) is 17.4 Å². The number of furan rings is 1. The van der Waals surface area contributed by atoms with Gasteiger partial charge in [-0.2, -0.15) is 0 Å². The Bertz CT molecular complexity index is 819. The predicted molar refractivity (Wildman–Crippen MR) is 90.5 cm³/mol. The highest BCUT2D eigenvalue weighted by molar-refractivity contribution is 5.92. The lowest BCUT2D eigenvalue weighted by molar-refractivity contribution is 0.0943. The van der Waals surface area contributed by atoms with Gasteiger partial charge in [-0.05, 0) is 42.3 Å². The molecular weight excluding hydrogens is 323 g/mol. The minimum Gasteiger partial charge on any atom is -0.467 e. The Labute approximate surface area is 144 Å². The summed E-state index contributed by atoms with van der Waals surface area (Å²) in [5.41, 5.74) is 1.27. The van der Waals surface area contributed by atoms with Crippen molar-refractivity contribution >= 4 is 11.9 Å². The Morgan fingerprint density at radius 3 is 2.76 bits per heavy atom. The van der Waals surface area contributed by atoms with E-state index in [0.29, 0.717) is 31.2 Å². The highest BCUT2D eigenvalue weighted by Crippen LogP contribution is 2.06. The monoisotopic (exact) mass is 340 g/mol. The van der Waals surface area contributed by atoms with Gasteiger partial charge in [-0.15, -0.1) is 0 Å². The summed E-state index contributed by atoms with van der Waals surface area (Å²) >= 11 is 0. The Morgan fingerprint density at radius 2 is 2.00 bits per heavy atom. The maximum atomic E-state index is 12.9. The van der Waals surface area contributed by atoms with Gasteiger partial charge in [0.15, 0.2) is 0 Å². The van der Waals surface area contributed by atoms with Crippen LogP contribution in [-0.4, -0.2) is 22.4 Å². The number of hydrogen-bond acceptors (Lipinski definition) is 5. The van der Waals surface area contributed by atoms with Gasteiger partial charge in [-0.3, -0.25) is 4.79 Å². The van der Waals surface area contributed by atoms with Crippen molar-refractivity contribution in [3.63, 3.8) is 0 Å². The summed E-state index contributed by atoms with van der Waals surface area (Å²) in [5.74, 6) is 0.474. The van der Waals surface area contributed by atoms with E-state index in [4.69, 9.17) is 4.42 Å². The minimum absolute atomic E-state index is 0.256. The van der Waals surface area contributed by atoms with Crippen LogP contribution in [0, 0.1) is 5.82 Å². The lowest BCUT2D eigenvalue weighted by Crippen LogP contribution is -2.24. The molecule has 2 N–H and O–H groups in total. The number of anilines is 1. The van der Waals surface area contributed by atoms with Crippen molar-refractivity contribution in [3.05, 3.63) is 77.8 Å². The fourth-order valence-electron chi connectivity index (χ4n) is 2.21. The first kappa shape index (κ1) is 16.6. The lowest BCUT2D eigenvalue weighted by atomic mass is 10.1. The maximum Gasteiger partial charge on any atom is 0.270 e. The van der Waals surface area contributed by atoms with Crippen molar-refractivity contribution in [2.45, 2.75) is 13.0 Å². The van der Waals surface area contributed by atoms with Gasteiger partial charge in [0.2, 0.25) is 5.95 Å². The van der Waals surface area contributed by atoms with E-state index in [0.717, 1.165) is 5.56 Å². The van der Waals surface area contributed by atoms with Crippen molar-refractivity contribution in [1.82, 2.24) is 15.3 Å². The third-order valence-corrected chi connectivity index (χ3v) is 3.50. The number of amides is 1. The van der Waals surface area contributed by atoms with Crippen LogP contribution in [0.4, 0.5) is 10.3 Å². The largest absolute Gasteiger partial charge is 0.467 e. The first-order chi connectivity index (χ1) is 12.2. The summed E-state index contributed by atoms with van der Waals surface area (Å²) in [6.07, 6.45) is 3.77. The van der Waals surface area contributed by atoms with Crippen molar-refractivity contribution in [1.29, 1.82) is 0 Å². The van der Waals surface area contributed by atoms with Crippen molar-refractivity contribution in [3.8, 4) is 0 Å². The first-order valence-corrected chi connectivity index (χ1v) is 7.82. The maximum absolute atomic E-state index is 12.9. The molecule has 6 nitrogen and oxygen atoms in total. The number of rotatable bonds is 7. The van der Waals surface area contributed by atoms with Gasteiger partial charge >= 0.3 is 0 Å². The molecule has 25 heavy (non-hydrogen) atoms. The number of benzene rings is 1. The highest BCUT2D eigenvalue weighted by atomic mass is 19.1. The molecule has 1 aromatic carbocycles. The molecule has 3 aromatic rings. The quantitative estimate of drug-likeness (QED) is 0.691. The van der Waals surface area contributed by atoms with Gasteiger partial charge in [0, 0.05) is 12.7 Å². The van der Waals surface area contributed by atoms with E-state index in [1.807, 2.05) is 0 Å². The van der Waals surface area contributed by atoms with Crippen LogP contribution in [-0.2, 0) is 13.0 Å². The Hall–Kier alpha value is -3.22. The molecule has 7 heteroatoms. The molecule has 0 saturated heterocycles. The summed E-state index contributed by atoms with van der Waals surface area (Å²) in [6.45, 7) is 0.867. The third kappa shape index (κ3) is 4.87. The molecule has 0 aliphatic rings. The van der Waals surface area contributed by atoms with Crippen molar-refractivity contribution in [2.24, 2.45) is 0 Å². The molecule has 0 spiro atoms. The number of carbonyl (C=O) groups excluding carboxylic acids is 1. The van der Waals surface area contributed by atoms with Gasteiger partial charge in [0.25, 0.3) is 5.91 Å². The van der Waals surface area contributed by atoms with Crippen LogP contribution >= 0.6 is 0 Å². The van der Waals surface area contributed by atoms with Crippen LogP contribution in [0.3, 0.4) is 0 Å². The third-order valence-electron chi connectivity index (χ3n) is 3.50. The summed E-state index contributed by atoms with van der Waals surface area (Å²) in [7, 11) is 0. The Kier molecular flexibility index (Phi) is 5.36. The van der Waals surface area contributed by atoms with Crippen LogP contribution in [0.15, 0.2) is 59.3 Å². The fourth-order valence-corrected chi connectivity index (χ4v) is 2.21. The Balaban J connectivity index is 1.51. The summed E-state index contributed by atoms with van der Waals surface area (Å²) < 4.78 is 18.0. The van der Waals surface area contributed by atoms with E-state index in [1.165, 1.54) is 18.3 Å². The number of nitrogens with zero attached hydrogens (tertiary/aromatic N) is 2. The molecule has 0 aliphatic heterocycles. The number of halogens is 1. The molecule has 0 atom stereocenters. The molecule has 0 saturated carbocycles. The van der Waals surface area contributed by atoms with E-state index in [2.05, 4.69) is 20.6 Å². The lowest BCUT2D eigenvalue weighted by Gasteiger charge is -2.07. The van der Waals surface area contributed by atoms with Crippen LogP contribution in [0.1, 0.15) is 21.8 Å². The molecule has 1 amide bonds. The average molecular weight is 340 g/mol. The smallest absolute Gasteiger partial charge is 0.270 e. The SMILES string of the molecule is O=C(NCc1ccco1)c1ccnc(NCCc2ccc(F)cc2)n1. The summed E-state index contributed by atoms with van der Waals surface area (Å²) in [6, 6.07) is 11.4. The molecule has 2 aromatic heterocycles. The molecule has 3 rings (SSSR count). The van der Waals surface area contributed by atoms with E-state index >= 15 is 0 Å². The molecule has 0 aliphatic carbocycles. The van der Waals surface area contributed by atoms with E-state index < -0.39 is 0 Å². The van der Waals surface area contributed by atoms with E-state index in [9.17, 15) is 9.18 Å². The second-order valence-corrected chi connectivity index (χ2v) is 5.33. The van der Waals surface area contributed by atoms with Crippen LogP contribution < -0.4 is 10.6 Å². The topological polar surface area (TPSA) is 80.0 Å². The zero-order valence-corrected chi connectivity index (χ0v) is 13.4. The number of aromatic nitrogens is 2. The predicted octanol–water partition coefficient (Wildman–Crippen LogP) is 2.79. The van der Waals surface area contributed by atoms with Crippen LogP contribution in [0.2, 0.25) is 0 Å². The molecule has 2 heterocycles. The van der Waals surface area contributed by atoms with Gasteiger partial charge in [-0.1, -0.05) is 12.1 Å². The number of nitrogens with one attached hydrogen (secondary N) is 2. The van der Waals surface area contributed by atoms with Crippen molar-refractivity contribution in [2.75, 3.05) is 11.9 Å². The summed E-state index contributed by atoms with van der Waals surface area (Å²) in [5, 5.41) is 5.79. The average Bonchev–Trinajstić information content (AvgIpc) is 3.15. The second kappa shape index (κ2) is 8.05. The van der Waals surface area contributed by atoms with Gasteiger partial charge in [-0.25, -0.2) is 14.4 Å². The summed E-state index contributed by atoms with van der Waals surface area (Å²) in [4.78, 5) is 20.4. The zero-order chi connectivity index (χ0) is 17.5. The fraction of sp³-hybridized carbons (Fsp3) is 0.167. The van der Waals surface area contributed by atoms with Crippen LogP contribution in [0.25, 0.3) is 0 Å². The van der Waals surface area contributed by atoms with Crippen molar-refractivity contribution < 1.29 is 13.6 Å². The molecule has 128 valence electrons. The van der Waals surface area contributed by atoms with Gasteiger partial charge in [0.05, 0.1) is 12.8 Å². The minimum atomic E-state index is -0.305. The molecule has 0 radical (unpaired) electrons. The Morgan fingerprint density at radius 1 is 1.16 bits per heavy atom. The van der Waals surface area contributed by atoms with Crippen LogP contribution in [0.5, 0.6) is 0 Å². The second-order valence-electron chi connectivity index (χ2n) is 5.33. The molecule has 0 unspecified atom stereocenters. The van der Waals surface area contributed by atoms with Gasteiger partial charge < -0.3 is 15.1 Å². The van der Waals surface area contributed by atoms with E-state index in [1.54, 1.807) is 36.6 Å². The van der Waals surface area contributed by atoms with Gasteiger partial charge in [0.1, 0.15) is 17.3 Å². The normalized spacial score (nSPS) is 10.4. The molecular formula is C18H17FN4O2. The standard InChI is InChI=1S/C18H17FN4O2/c19-14-5-3-13(4-6-14)7-9-20-18-21-10-8-16(23-18)17(24)22-12-15-2-1-11-25-15/h1-6,8,10-11H,7,9,12H2,(H,22,24)(H,20,21,23). The molecule has 0 fully saturated rings. The highest BCUT2D eigenvalue weighted by Gasteiger charge is 2.09. The number of carbonyl (C=O) groups is 1. The number of hydrogen-bond donors (Lipinski definition) is 2. The zero-order valence-electron chi connectivity index (χ0n) is 13.4. The first-order valence-electron chi connectivity index (χ1n) is 7.82. The molecule has 0 bridgehead atoms.